The molecule has 0 heterocycles. The van der Waals surface area contributed by atoms with Gasteiger partial charge in [0.15, 0.2) is 0 Å². The Kier molecular flexibility index (Phi) is 5.22. The molecule has 5 nitrogen and oxygen atoms in total. The first-order chi connectivity index (χ1) is 7.14. The Labute approximate surface area is 97.0 Å². The van der Waals surface area contributed by atoms with E-state index in [1.54, 1.807) is 34.6 Å². The fraction of sp³-hybridized carbons (Fsp3) is 0.909. The van der Waals surface area contributed by atoms with Crippen molar-refractivity contribution < 1.29 is 19.7 Å². The van der Waals surface area contributed by atoms with Crippen LogP contribution in [0.4, 0.5) is 4.79 Å². The number of carbonyl (C=O) groups excluding carboxylic acids is 1. The van der Waals surface area contributed by atoms with Crippen LogP contribution in [0.15, 0.2) is 0 Å². The van der Waals surface area contributed by atoms with Crippen molar-refractivity contribution in [1.82, 2.24) is 4.90 Å². The number of aliphatic hydroxyl groups excluding tert-OH is 2. The molecule has 0 bridgehead atoms. The number of nitrogens with zero attached hydrogens (tertiary/aromatic N) is 1. The van der Waals surface area contributed by atoms with Gasteiger partial charge in [0, 0.05) is 6.54 Å². The molecule has 1 amide bonds. The van der Waals surface area contributed by atoms with Gasteiger partial charge in [0.2, 0.25) is 0 Å². The summed E-state index contributed by atoms with van der Waals surface area (Å²) >= 11 is 0. The summed E-state index contributed by atoms with van der Waals surface area (Å²) in [5.74, 6) is 0. The number of carbonyl (C=O) groups is 1. The van der Waals surface area contributed by atoms with Crippen molar-refractivity contribution >= 4 is 6.09 Å². The number of rotatable bonds is 4. The van der Waals surface area contributed by atoms with Crippen LogP contribution in [0.1, 0.15) is 34.6 Å². The first-order valence-corrected chi connectivity index (χ1v) is 5.36. The second-order valence-corrected chi connectivity index (χ2v) is 5.33. The van der Waals surface area contributed by atoms with Crippen LogP contribution in [0.25, 0.3) is 0 Å². The maximum atomic E-state index is 11.8. The molecule has 0 saturated carbocycles. The summed E-state index contributed by atoms with van der Waals surface area (Å²) in [4.78, 5) is 13.2. The highest BCUT2D eigenvalue weighted by Crippen LogP contribution is 2.18. The molecule has 0 spiro atoms. The van der Waals surface area contributed by atoms with Crippen molar-refractivity contribution in [2.45, 2.75) is 45.8 Å². The molecule has 0 aliphatic carbocycles. The summed E-state index contributed by atoms with van der Waals surface area (Å²) in [5, 5.41) is 18.1. The van der Waals surface area contributed by atoms with E-state index in [-0.39, 0.29) is 19.8 Å². The first-order valence-electron chi connectivity index (χ1n) is 5.36. The molecule has 0 radical (unpaired) electrons. The number of amides is 1. The molecule has 16 heavy (non-hydrogen) atoms. The van der Waals surface area contributed by atoms with E-state index in [4.69, 9.17) is 9.84 Å². The van der Waals surface area contributed by atoms with Crippen molar-refractivity contribution in [1.29, 1.82) is 0 Å². The number of aliphatic hydroxyl groups is 2. The van der Waals surface area contributed by atoms with Gasteiger partial charge in [-0.3, -0.25) is 4.90 Å². The van der Waals surface area contributed by atoms with E-state index in [1.807, 2.05) is 0 Å². The second kappa shape index (κ2) is 5.50. The summed E-state index contributed by atoms with van der Waals surface area (Å²) in [6.45, 7) is 8.53. The smallest absolute Gasteiger partial charge is 0.410 e. The Hall–Kier alpha value is -0.810. The first kappa shape index (κ1) is 15.2. The number of hydrogen-bond acceptors (Lipinski definition) is 4. The molecule has 96 valence electrons. The van der Waals surface area contributed by atoms with Gasteiger partial charge in [-0.25, -0.2) is 4.79 Å². The van der Waals surface area contributed by atoms with E-state index in [1.165, 1.54) is 4.90 Å². The van der Waals surface area contributed by atoms with Crippen molar-refractivity contribution in [2.24, 2.45) is 0 Å². The minimum absolute atomic E-state index is 0.141. The second-order valence-electron chi connectivity index (χ2n) is 5.33. The van der Waals surface area contributed by atoms with Crippen LogP contribution in [-0.2, 0) is 4.74 Å². The average molecular weight is 233 g/mol. The van der Waals surface area contributed by atoms with Gasteiger partial charge in [-0.1, -0.05) is 0 Å². The van der Waals surface area contributed by atoms with Crippen molar-refractivity contribution in [3.8, 4) is 0 Å². The lowest BCUT2D eigenvalue weighted by Gasteiger charge is -2.37. The van der Waals surface area contributed by atoms with Crippen LogP contribution in [0.2, 0.25) is 0 Å². The molecule has 0 unspecified atom stereocenters. The van der Waals surface area contributed by atoms with Gasteiger partial charge in [-0.2, -0.15) is 0 Å². The lowest BCUT2D eigenvalue weighted by molar-refractivity contribution is -0.0136. The largest absolute Gasteiger partial charge is 0.444 e. The van der Waals surface area contributed by atoms with E-state index < -0.39 is 17.2 Å². The Bertz CT molecular complexity index is 233. The number of hydrogen-bond donors (Lipinski definition) is 2. The lowest BCUT2D eigenvalue weighted by atomic mass is 10.1. The maximum absolute atomic E-state index is 11.8. The standard InChI is InChI=1S/C11H23NO4/c1-10(2,3)16-9(15)12(6-7-13)11(4,5)8-14/h13-14H,6-8H2,1-5H3. The molecule has 0 saturated heterocycles. The normalized spacial score (nSPS) is 12.4. The molecular weight excluding hydrogens is 210 g/mol. The quantitative estimate of drug-likeness (QED) is 0.759. The van der Waals surface area contributed by atoms with Gasteiger partial charge >= 0.3 is 6.09 Å². The molecule has 0 aromatic heterocycles. The van der Waals surface area contributed by atoms with E-state index in [0.717, 1.165) is 0 Å². The van der Waals surface area contributed by atoms with E-state index in [2.05, 4.69) is 0 Å². The zero-order chi connectivity index (χ0) is 13.0. The highest BCUT2D eigenvalue weighted by Gasteiger charge is 2.33. The zero-order valence-corrected chi connectivity index (χ0v) is 10.8. The fourth-order valence-electron chi connectivity index (χ4n) is 1.14. The average Bonchev–Trinajstić information content (AvgIpc) is 2.10. The highest BCUT2D eigenvalue weighted by atomic mass is 16.6. The van der Waals surface area contributed by atoms with Crippen LogP contribution in [0.5, 0.6) is 0 Å². The summed E-state index contributed by atoms with van der Waals surface area (Å²) in [7, 11) is 0. The van der Waals surface area contributed by atoms with Gasteiger partial charge in [0.1, 0.15) is 5.60 Å². The third-order valence-electron chi connectivity index (χ3n) is 2.06. The van der Waals surface area contributed by atoms with E-state index >= 15 is 0 Å². The molecule has 2 N–H and O–H groups in total. The molecule has 0 aliphatic heterocycles. The fourth-order valence-corrected chi connectivity index (χ4v) is 1.14. The maximum Gasteiger partial charge on any atom is 0.410 e. The predicted molar refractivity (Wildman–Crippen MR) is 61.2 cm³/mol. The van der Waals surface area contributed by atoms with Crippen LogP contribution >= 0.6 is 0 Å². The highest BCUT2D eigenvalue weighted by molar-refractivity contribution is 5.69. The van der Waals surface area contributed by atoms with Crippen molar-refractivity contribution in [2.75, 3.05) is 19.8 Å². The van der Waals surface area contributed by atoms with Crippen LogP contribution < -0.4 is 0 Å². The SMILES string of the molecule is CC(C)(C)OC(=O)N(CCO)C(C)(C)CO. The summed E-state index contributed by atoms with van der Waals surface area (Å²) in [6, 6.07) is 0. The van der Waals surface area contributed by atoms with E-state index in [0.29, 0.717) is 0 Å². The minimum Gasteiger partial charge on any atom is -0.444 e. The van der Waals surface area contributed by atoms with Crippen molar-refractivity contribution in [3.63, 3.8) is 0 Å². The van der Waals surface area contributed by atoms with Gasteiger partial charge in [-0.15, -0.1) is 0 Å². The lowest BCUT2D eigenvalue weighted by Crippen LogP contribution is -2.52. The van der Waals surface area contributed by atoms with Crippen LogP contribution in [0, 0.1) is 0 Å². The monoisotopic (exact) mass is 233 g/mol. The van der Waals surface area contributed by atoms with Gasteiger partial charge in [0.05, 0.1) is 18.8 Å². The Morgan fingerprint density at radius 2 is 1.69 bits per heavy atom. The molecule has 5 heteroatoms. The molecule has 0 atom stereocenters. The Balaban J connectivity index is 4.73. The molecule has 0 aromatic rings. The predicted octanol–water partition coefficient (Wildman–Crippen LogP) is 0.987. The molecular formula is C11H23NO4. The third kappa shape index (κ3) is 4.81. The molecule has 0 aromatic carbocycles. The minimum atomic E-state index is -0.745. The topological polar surface area (TPSA) is 70.0 Å². The Morgan fingerprint density at radius 3 is 2.00 bits per heavy atom. The zero-order valence-electron chi connectivity index (χ0n) is 10.8. The van der Waals surface area contributed by atoms with Crippen LogP contribution in [-0.4, -0.2) is 52.1 Å². The molecule has 0 aliphatic rings. The summed E-state index contributed by atoms with van der Waals surface area (Å²) in [5.41, 5.74) is -1.33. The van der Waals surface area contributed by atoms with Gasteiger partial charge in [0.25, 0.3) is 0 Å². The number of β-amino-alcohol motifs (C(OH)–C–C–N with tert-alkyl or cyclic N) is 1. The molecule has 0 fully saturated rings. The summed E-state index contributed by atoms with van der Waals surface area (Å²) < 4.78 is 5.21. The third-order valence-corrected chi connectivity index (χ3v) is 2.06. The number of ether oxygens (including phenoxy) is 1. The van der Waals surface area contributed by atoms with Crippen molar-refractivity contribution in [3.05, 3.63) is 0 Å². The van der Waals surface area contributed by atoms with Crippen LogP contribution in [0.3, 0.4) is 0 Å². The van der Waals surface area contributed by atoms with Gasteiger partial charge in [-0.05, 0) is 34.6 Å². The van der Waals surface area contributed by atoms with Gasteiger partial charge < -0.3 is 14.9 Å². The summed E-state index contributed by atoms with van der Waals surface area (Å²) in [6.07, 6.45) is -0.527. The molecule has 0 rings (SSSR count). The Morgan fingerprint density at radius 1 is 1.19 bits per heavy atom. The van der Waals surface area contributed by atoms with E-state index in [9.17, 15) is 9.90 Å².